The summed E-state index contributed by atoms with van der Waals surface area (Å²) in [6.45, 7) is 2.19. The van der Waals surface area contributed by atoms with E-state index < -0.39 is 5.97 Å². The maximum Gasteiger partial charge on any atom is 0.338 e. The van der Waals surface area contributed by atoms with E-state index in [4.69, 9.17) is 21.7 Å². The fourth-order valence-corrected chi connectivity index (χ4v) is 4.79. The third-order valence-corrected chi connectivity index (χ3v) is 6.63. The molecule has 1 saturated heterocycles. The Kier molecular flexibility index (Phi) is 8.71. The van der Waals surface area contributed by atoms with E-state index in [0.29, 0.717) is 32.8 Å². The first-order valence-electron chi connectivity index (χ1n) is 11.6. The Morgan fingerprint density at radius 3 is 2.46 bits per heavy atom. The zero-order valence-electron chi connectivity index (χ0n) is 20.0. The number of esters is 1. The molecule has 0 aromatic heterocycles. The molecular weight excluding hydrogens is 508 g/mol. The molecule has 0 atom stereocenters. The minimum absolute atomic E-state index is 0.0692. The summed E-state index contributed by atoms with van der Waals surface area (Å²) in [6.07, 6.45) is 1.84. The number of hydrogen-bond donors (Lipinski definition) is 1. The Morgan fingerprint density at radius 1 is 1.00 bits per heavy atom. The van der Waals surface area contributed by atoms with E-state index in [1.165, 1.54) is 16.7 Å². The predicted octanol–water partition coefficient (Wildman–Crippen LogP) is 5.89. The average molecular weight is 533 g/mol. The topological polar surface area (TPSA) is 84.9 Å². The summed E-state index contributed by atoms with van der Waals surface area (Å²) >= 11 is 6.60. The lowest BCUT2D eigenvalue weighted by Gasteiger charge is -2.14. The Morgan fingerprint density at radius 2 is 1.73 bits per heavy atom. The Balaban J connectivity index is 1.33. The maximum absolute atomic E-state index is 13.0. The fourth-order valence-electron chi connectivity index (χ4n) is 3.48. The number of nitrogens with zero attached hydrogens (tertiary/aromatic N) is 1. The van der Waals surface area contributed by atoms with Crippen LogP contribution in [-0.2, 0) is 14.3 Å². The number of thiocarbonyl (C=S) groups is 1. The largest absolute Gasteiger partial charge is 0.462 e. The molecule has 7 nitrogen and oxygen atoms in total. The van der Waals surface area contributed by atoms with Gasteiger partial charge < -0.3 is 14.8 Å². The Hall–Kier alpha value is -3.95. The van der Waals surface area contributed by atoms with E-state index >= 15 is 0 Å². The van der Waals surface area contributed by atoms with Crippen LogP contribution < -0.4 is 10.1 Å². The summed E-state index contributed by atoms with van der Waals surface area (Å²) in [4.78, 5) is 39.1. The highest BCUT2D eigenvalue weighted by molar-refractivity contribution is 8.26. The SMILES string of the molecule is CCOC(=O)c1ccc(NC(=O)CCN2C(=O)/C(=C/c3cccc(Oc4ccccc4)c3)SC2=S)cc1. The van der Waals surface area contributed by atoms with Crippen LogP contribution in [0.1, 0.15) is 29.3 Å². The number of amides is 2. The molecule has 1 fully saturated rings. The van der Waals surface area contributed by atoms with Gasteiger partial charge in [-0.1, -0.05) is 54.3 Å². The second-order valence-corrected chi connectivity index (χ2v) is 9.59. The molecule has 3 aromatic carbocycles. The van der Waals surface area contributed by atoms with Gasteiger partial charge in [0.15, 0.2) is 0 Å². The van der Waals surface area contributed by atoms with Crippen LogP contribution in [0.25, 0.3) is 6.08 Å². The molecule has 0 saturated carbocycles. The zero-order chi connectivity index (χ0) is 26.2. The Labute approximate surface area is 224 Å². The number of carbonyl (C=O) groups excluding carboxylic acids is 3. The first kappa shape index (κ1) is 26.1. The Bertz CT molecular complexity index is 1340. The van der Waals surface area contributed by atoms with Gasteiger partial charge in [0.05, 0.1) is 17.1 Å². The number of anilines is 1. The van der Waals surface area contributed by atoms with Gasteiger partial charge in [0.25, 0.3) is 5.91 Å². The van der Waals surface area contributed by atoms with Gasteiger partial charge >= 0.3 is 5.97 Å². The lowest BCUT2D eigenvalue weighted by Crippen LogP contribution is -2.31. The van der Waals surface area contributed by atoms with Gasteiger partial charge in [-0.2, -0.15) is 0 Å². The molecule has 0 aliphatic carbocycles. The van der Waals surface area contributed by atoms with Crippen LogP contribution in [0.2, 0.25) is 0 Å². The molecule has 188 valence electrons. The van der Waals surface area contributed by atoms with Crippen molar-refractivity contribution in [3.8, 4) is 11.5 Å². The molecule has 37 heavy (non-hydrogen) atoms. The molecule has 1 heterocycles. The number of carbonyl (C=O) groups is 3. The van der Waals surface area contributed by atoms with Crippen LogP contribution in [-0.4, -0.2) is 40.2 Å². The van der Waals surface area contributed by atoms with Gasteiger partial charge in [0.2, 0.25) is 5.91 Å². The molecule has 0 spiro atoms. The normalized spacial score (nSPS) is 14.1. The van der Waals surface area contributed by atoms with Gasteiger partial charge in [-0.05, 0) is 67.1 Å². The highest BCUT2D eigenvalue weighted by Gasteiger charge is 2.32. The number of hydrogen-bond acceptors (Lipinski definition) is 7. The number of ether oxygens (including phenoxy) is 2. The third kappa shape index (κ3) is 7.05. The van der Waals surface area contributed by atoms with Crippen molar-refractivity contribution in [3.63, 3.8) is 0 Å². The highest BCUT2D eigenvalue weighted by atomic mass is 32.2. The summed E-state index contributed by atoms with van der Waals surface area (Å²) < 4.78 is 11.2. The molecule has 1 aliphatic heterocycles. The van der Waals surface area contributed by atoms with Crippen LogP contribution in [0.3, 0.4) is 0 Å². The second kappa shape index (κ2) is 12.3. The molecule has 9 heteroatoms. The molecule has 1 N–H and O–H groups in total. The van der Waals surface area contributed by atoms with Crippen molar-refractivity contribution in [3.05, 3.63) is 94.9 Å². The minimum atomic E-state index is -0.418. The molecule has 0 unspecified atom stereocenters. The first-order valence-corrected chi connectivity index (χ1v) is 12.8. The highest BCUT2D eigenvalue weighted by Crippen LogP contribution is 2.33. The van der Waals surface area contributed by atoms with Crippen LogP contribution in [0.15, 0.2) is 83.8 Å². The zero-order valence-corrected chi connectivity index (χ0v) is 21.6. The number of benzene rings is 3. The van der Waals surface area contributed by atoms with Gasteiger partial charge in [-0.25, -0.2) is 4.79 Å². The van der Waals surface area contributed by atoms with E-state index in [-0.39, 0.29) is 24.8 Å². The lowest BCUT2D eigenvalue weighted by atomic mass is 10.2. The van der Waals surface area contributed by atoms with E-state index in [1.807, 2.05) is 54.6 Å². The number of para-hydroxylation sites is 1. The van der Waals surface area contributed by atoms with Crippen molar-refractivity contribution in [2.45, 2.75) is 13.3 Å². The fraction of sp³-hybridized carbons (Fsp3) is 0.143. The maximum atomic E-state index is 13.0. The molecule has 0 bridgehead atoms. The van der Waals surface area contributed by atoms with E-state index in [9.17, 15) is 14.4 Å². The van der Waals surface area contributed by atoms with Crippen molar-refractivity contribution < 1.29 is 23.9 Å². The van der Waals surface area contributed by atoms with Crippen LogP contribution in [0.4, 0.5) is 5.69 Å². The lowest BCUT2D eigenvalue weighted by molar-refractivity contribution is -0.122. The van der Waals surface area contributed by atoms with Crippen LogP contribution in [0, 0.1) is 0 Å². The van der Waals surface area contributed by atoms with Crippen LogP contribution >= 0.6 is 24.0 Å². The molecule has 0 radical (unpaired) electrons. The van der Waals surface area contributed by atoms with Gasteiger partial charge in [-0.3, -0.25) is 14.5 Å². The summed E-state index contributed by atoms with van der Waals surface area (Å²) in [5, 5.41) is 2.76. The van der Waals surface area contributed by atoms with Gasteiger partial charge in [-0.15, -0.1) is 0 Å². The molecular formula is C28H24N2O5S2. The standard InChI is InChI=1S/C28H24N2O5S2/c1-2-34-27(33)20-11-13-21(14-12-20)29-25(31)15-16-30-26(32)24(37-28(30)36)18-19-7-6-10-23(17-19)35-22-8-4-3-5-9-22/h3-14,17-18H,2,15-16H2,1H3,(H,29,31)/b24-18-. The van der Waals surface area contributed by atoms with Crippen molar-refractivity contribution in [2.24, 2.45) is 0 Å². The summed E-state index contributed by atoms with van der Waals surface area (Å²) in [5.74, 6) is 0.448. The predicted molar refractivity (Wildman–Crippen MR) is 148 cm³/mol. The van der Waals surface area contributed by atoms with Gasteiger partial charge in [0.1, 0.15) is 15.8 Å². The van der Waals surface area contributed by atoms with Crippen molar-refractivity contribution >= 4 is 57.8 Å². The summed E-state index contributed by atoms with van der Waals surface area (Å²) in [7, 11) is 0. The molecule has 4 rings (SSSR count). The summed E-state index contributed by atoms with van der Waals surface area (Å²) in [6, 6.07) is 23.3. The van der Waals surface area contributed by atoms with Crippen molar-refractivity contribution in [1.82, 2.24) is 4.90 Å². The van der Waals surface area contributed by atoms with E-state index in [0.717, 1.165) is 11.3 Å². The molecule has 1 aliphatic rings. The number of rotatable bonds is 9. The van der Waals surface area contributed by atoms with E-state index in [1.54, 1.807) is 37.3 Å². The van der Waals surface area contributed by atoms with Crippen molar-refractivity contribution in [2.75, 3.05) is 18.5 Å². The molecule has 3 aromatic rings. The third-order valence-electron chi connectivity index (χ3n) is 5.25. The average Bonchev–Trinajstić information content (AvgIpc) is 3.16. The summed E-state index contributed by atoms with van der Waals surface area (Å²) in [5.41, 5.74) is 1.75. The minimum Gasteiger partial charge on any atom is -0.462 e. The molecule has 2 amide bonds. The van der Waals surface area contributed by atoms with Crippen LogP contribution in [0.5, 0.6) is 11.5 Å². The number of thioether (sulfide) groups is 1. The smallest absolute Gasteiger partial charge is 0.338 e. The van der Waals surface area contributed by atoms with Crippen molar-refractivity contribution in [1.29, 1.82) is 0 Å². The quantitative estimate of drug-likeness (QED) is 0.209. The first-order chi connectivity index (χ1) is 17.9. The monoisotopic (exact) mass is 532 g/mol. The number of nitrogens with one attached hydrogen (secondary N) is 1. The van der Waals surface area contributed by atoms with E-state index in [2.05, 4.69) is 5.32 Å². The van der Waals surface area contributed by atoms with Gasteiger partial charge in [0, 0.05) is 18.7 Å². The second-order valence-electron chi connectivity index (χ2n) is 7.92.